The van der Waals surface area contributed by atoms with E-state index in [1.807, 2.05) is 0 Å². The van der Waals surface area contributed by atoms with Crippen LogP contribution in [0, 0.1) is 38.0 Å². The number of nitriles is 1. The van der Waals surface area contributed by atoms with Crippen LogP contribution in [0.5, 0.6) is 5.75 Å². The molecule has 1 aromatic carbocycles. The number of nitrogens with zero attached hydrogens (tertiary/aromatic N) is 1. The fraction of sp³-hybridized carbons (Fsp3) is 0.533. The lowest BCUT2D eigenvalue weighted by Gasteiger charge is -2.20. The Morgan fingerprint density at radius 2 is 1.94 bits per heavy atom. The van der Waals surface area contributed by atoms with Crippen molar-refractivity contribution in [3.05, 3.63) is 28.3 Å². The minimum Gasteiger partial charge on any atom is -0.496 e. The van der Waals surface area contributed by atoms with E-state index in [-0.39, 0.29) is 5.41 Å². The van der Waals surface area contributed by atoms with Crippen molar-refractivity contribution in [1.29, 1.82) is 5.26 Å². The Labute approximate surface area is 103 Å². The zero-order chi connectivity index (χ0) is 12.8. The van der Waals surface area contributed by atoms with Crippen molar-refractivity contribution in [3.63, 3.8) is 0 Å². The molecule has 17 heavy (non-hydrogen) atoms. The van der Waals surface area contributed by atoms with Crippen molar-refractivity contribution >= 4 is 0 Å². The smallest absolute Gasteiger partial charge is 0.127 e. The third-order valence-corrected chi connectivity index (χ3v) is 4.15. The normalized spacial score (nSPS) is 26.5. The second-order valence-electron chi connectivity index (χ2n) is 5.23. The molecule has 1 aliphatic rings. The van der Waals surface area contributed by atoms with Gasteiger partial charge in [0, 0.05) is 5.56 Å². The maximum atomic E-state index is 9.48. The van der Waals surface area contributed by atoms with Crippen LogP contribution < -0.4 is 4.74 Å². The highest BCUT2D eigenvalue weighted by atomic mass is 16.5. The maximum Gasteiger partial charge on any atom is 0.127 e. The highest BCUT2D eigenvalue weighted by Gasteiger charge is 2.55. The largest absolute Gasteiger partial charge is 0.496 e. The number of methoxy groups -OCH3 is 1. The Balaban J connectivity index is 2.71. The van der Waals surface area contributed by atoms with Crippen LogP contribution in [0.1, 0.15) is 35.6 Å². The van der Waals surface area contributed by atoms with Crippen molar-refractivity contribution in [3.8, 4) is 11.8 Å². The Morgan fingerprint density at radius 1 is 1.35 bits per heavy atom. The summed E-state index contributed by atoms with van der Waals surface area (Å²) in [7, 11) is 1.70. The Hall–Kier alpha value is -1.49. The SMILES string of the molecule is COc1c(C)c(C)cc(C)c1C1(C#N)CC1C. The zero-order valence-electron chi connectivity index (χ0n) is 11.2. The summed E-state index contributed by atoms with van der Waals surface area (Å²) in [6.45, 7) is 8.37. The number of aryl methyl sites for hydroxylation is 2. The lowest BCUT2D eigenvalue weighted by Crippen LogP contribution is -2.12. The topological polar surface area (TPSA) is 33.0 Å². The van der Waals surface area contributed by atoms with Crippen LogP contribution in [0.25, 0.3) is 0 Å². The quantitative estimate of drug-likeness (QED) is 0.778. The highest BCUT2D eigenvalue weighted by Crippen LogP contribution is 2.57. The first kappa shape index (κ1) is 12.0. The average molecular weight is 229 g/mol. The maximum absolute atomic E-state index is 9.48. The first-order valence-electron chi connectivity index (χ1n) is 6.04. The van der Waals surface area contributed by atoms with Crippen LogP contribution in [0.3, 0.4) is 0 Å². The second-order valence-corrected chi connectivity index (χ2v) is 5.23. The van der Waals surface area contributed by atoms with E-state index in [2.05, 4.69) is 39.8 Å². The minimum absolute atomic E-state index is 0.312. The molecular formula is C15H19NO. The van der Waals surface area contributed by atoms with Gasteiger partial charge in [-0.3, -0.25) is 0 Å². The summed E-state index contributed by atoms with van der Waals surface area (Å²) < 4.78 is 5.56. The lowest BCUT2D eigenvalue weighted by atomic mass is 9.87. The molecule has 0 aromatic heterocycles. The van der Waals surface area contributed by atoms with Crippen LogP contribution >= 0.6 is 0 Å². The first-order chi connectivity index (χ1) is 7.97. The van der Waals surface area contributed by atoms with Crippen LogP contribution in [-0.2, 0) is 5.41 Å². The van der Waals surface area contributed by atoms with Gasteiger partial charge in [0.2, 0.25) is 0 Å². The number of hydrogen-bond acceptors (Lipinski definition) is 2. The molecule has 2 rings (SSSR count). The number of rotatable bonds is 2. The van der Waals surface area contributed by atoms with Gasteiger partial charge in [-0.2, -0.15) is 5.26 Å². The molecular weight excluding hydrogens is 210 g/mol. The Morgan fingerprint density at radius 3 is 2.35 bits per heavy atom. The number of benzene rings is 1. The molecule has 2 unspecified atom stereocenters. The third-order valence-electron chi connectivity index (χ3n) is 4.15. The molecule has 0 heterocycles. The van der Waals surface area contributed by atoms with E-state index in [0.29, 0.717) is 5.92 Å². The fourth-order valence-electron chi connectivity index (χ4n) is 2.84. The van der Waals surface area contributed by atoms with Gasteiger partial charge in [-0.05, 0) is 49.8 Å². The van der Waals surface area contributed by atoms with E-state index in [1.165, 1.54) is 11.1 Å². The minimum atomic E-state index is -0.312. The van der Waals surface area contributed by atoms with Crippen molar-refractivity contribution in [2.45, 2.75) is 39.5 Å². The van der Waals surface area contributed by atoms with Gasteiger partial charge in [-0.25, -0.2) is 0 Å². The van der Waals surface area contributed by atoms with Gasteiger partial charge in [0.05, 0.1) is 18.6 Å². The van der Waals surface area contributed by atoms with Crippen LogP contribution in [0.15, 0.2) is 6.07 Å². The molecule has 2 atom stereocenters. The zero-order valence-corrected chi connectivity index (χ0v) is 11.2. The molecule has 0 bridgehead atoms. The highest BCUT2D eigenvalue weighted by molar-refractivity contribution is 5.58. The third kappa shape index (κ3) is 1.53. The van der Waals surface area contributed by atoms with Crippen molar-refractivity contribution in [1.82, 2.24) is 0 Å². The second kappa shape index (κ2) is 3.77. The summed E-state index contributed by atoms with van der Waals surface area (Å²) in [5.74, 6) is 1.34. The van der Waals surface area contributed by atoms with E-state index in [0.717, 1.165) is 23.3 Å². The average Bonchev–Trinajstić information content (AvgIpc) is 2.95. The molecule has 2 nitrogen and oxygen atoms in total. The van der Waals surface area contributed by atoms with E-state index < -0.39 is 0 Å². The molecule has 0 radical (unpaired) electrons. The van der Waals surface area contributed by atoms with Crippen LogP contribution in [0.2, 0.25) is 0 Å². The Kier molecular flexibility index (Phi) is 2.66. The number of ether oxygens (including phenoxy) is 1. The van der Waals surface area contributed by atoms with E-state index in [4.69, 9.17) is 4.74 Å². The summed E-state index contributed by atoms with van der Waals surface area (Å²) in [5, 5.41) is 9.48. The summed E-state index contributed by atoms with van der Waals surface area (Å²) in [5.41, 5.74) is 4.36. The van der Waals surface area contributed by atoms with Crippen LogP contribution in [0.4, 0.5) is 0 Å². The molecule has 2 heteroatoms. The van der Waals surface area contributed by atoms with Crippen molar-refractivity contribution in [2.24, 2.45) is 5.92 Å². The summed E-state index contributed by atoms with van der Waals surface area (Å²) >= 11 is 0. The first-order valence-corrected chi connectivity index (χ1v) is 6.04. The molecule has 1 aromatic rings. The molecule has 0 N–H and O–H groups in total. The summed E-state index contributed by atoms with van der Waals surface area (Å²) in [6, 6.07) is 4.66. The summed E-state index contributed by atoms with van der Waals surface area (Å²) in [6.07, 6.45) is 0.948. The van der Waals surface area contributed by atoms with Gasteiger partial charge >= 0.3 is 0 Å². The predicted octanol–water partition coefficient (Wildman–Crippen LogP) is 3.42. The molecule has 0 spiro atoms. The molecule has 1 saturated carbocycles. The van der Waals surface area contributed by atoms with E-state index in [9.17, 15) is 5.26 Å². The molecule has 0 saturated heterocycles. The fourth-order valence-corrected chi connectivity index (χ4v) is 2.84. The molecule has 1 aliphatic carbocycles. The molecule has 90 valence electrons. The van der Waals surface area contributed by atoms with Gasteiger partial charge in [-0.1, -0.05) is 13.0 Å². The standard InChI is InChI=1S/C15H19NO/c1-9-6-10(2)13(14(17-5)12(9)4)15(8-16)7-11(15)3/h6,11H,7H2,1-5H3. The van der Waals surface area contributed by atoms with E-state index >= 15 is 0 Å². The van der Waals surface area contributed by atoms with Crippen molar-refractivity contribution < 1.29 is 4.74 Å². The van der Waals surface area contributed by atoms with Crippen molar-refractivity contribution in [2.75, 3.05) is 7.11 Å². The van der Waals surface area contributed by atoms with Gasteiger partial charge in [0.1, 0.15) is 5.75 Å². The Bertz CT molecular complexity index is 513. The van der Waals surface area contributed by atoms with Gasteiger partial charge in [-0.15, -0.1) is 0 Å². The summed E-state index contributed by atoms with van der Waals surface area (Å²) in [4.78, 5) is 0. The molecule has 0 aliphatic heterocycles. The molecule has 0 amide bonds. The lowest BCUT2D eigenvalue weighted by molar-refractivity contribution is 0.402. The molecule has 1 fully saturated rings. The van der Waals surface area contributed by atoms with E-state index in [1.54, 1.807) is 7.11 Å². The van der Waals surface area contributed by atoms with Crippen LogP contribution in [-0.4, -0.2) is 7.11 Å². The van der Waals surface area contributed by atoms with Gasteiger partial charge in [0.15, 0.2) is 0 Å². The van der Waals surface area contributed by atoms with Gasteiger partial charge < -0.3 is 4.74 Å². The monoisotopic (exact) mass is 229 g/mol. The number of hydrogen-bond donors (Lipinski definition) is 0. The van der Waals surface area contributed by atoms with Gasteiger partial charge in [0.25, 0.3) is 0 Å². The predicted molar refractivity (Wildman–Crippen MR) is 68.3 cm³/mol.